The van der Waals surface area contributed by atoms with Crippen LogP contribution in [0.15, 0.2) is 17.5 Å². The van der Waals surface area contributed by atoms with Crippen LogP contribution in [0.3, 0.4) is 0 Å². The summed E-state index contributed by atoms with van der Waals surface area (Å²) in [7, 11) is 0. The molecule has 21 heteroatoms. The van der Waals surface area contributed by atoms with Gasteiger partial charge in [0.1, 0.15) is 64.7 Å². The molecule has 4 amide bonds. The van der Waals surface area contributed by atoms with Crippen LogP contribution in [0, 0.1) is 0 Å². The SMILES string of the molecule is CC(=O)OCC1=C(C(=O)OCCCn2cc(COC(=O)C3N4C(=O)[C@@H](NC(=O)OC(C)(C)C)C4SC3(C)C)nn2)N2C(=O)[C@@H](NC(=O)OC(C)(C)C)[C@H]2SC1. The van der Waals surface area contributed by atoms with Crippen molar-refractivity contribution in [3.63, 3.8) is 0 Å². The molecule has 5 rings (SSSR count). The number of aromatic nitrogens is 3. The highest BCUT2D eigenvalue weighted by atomic mass is 32.2. The molecule has 5 atom stereocenters. The second kappa shape index (κ2) is 15.9. The molecular weight excluding hydrogens is 763 g/mol. The predicted molar refractivity (Wildman–Crippen MR) is 195 cm³/mol. The van der Waals surface area contributed by atoms with Crippen LogP contribution in [0.4, 0.5) is 9.59 Å². The van der Waals surface area contributed by atoms with Crippen LogP contribution in [-0.2, 0) is 60.8 Å². The number of fused-ring (bicyclic) bond motifs is 2. The lowest BCUT2D eigenvalue weighted by Gasteiger charge is -2.49. The summed E-state index contributed by atoms with van der Waals surface area (Å²) in [5, 5.41) is 12.2. The van der Waals surface area contributed by atoms with Gasteiger partial charge in [0, 0.05) is 36.0 Å². The maximum absolute atomic E-state index is 13.3. The van der Waals surface area contributed by atoms with E-state index in [0.717, 1.165) is 0 Å². The van der Waals surface area contributed by atoms with Crippen molar-refractivity contribution in [1.29, 1.82) is 0 Å². The minimum Gasteiger partial charge on any atom is -0.461 e. The summed E-state index contributed by atoms with van der Waals surface area (Å²) in [5.74, 6) is -2.65. The zero-order chi connectivity index (χ0) is 40.6. The number of amides is 4. The van der Waals surface area contributed by atoms with Crippen molar-refractivity contribution in [2.45, 2.75) is 127 Å². The number of β-lactam (4-membered cyclic amide) rings is 2. The molecule has 1 aromatic heterocycles. The molecule has 0 spiro atoms. The monoisotopic (exact) mass is 809 g/mol. The molecule has 19 nitrogen and oxygen atoms in total. The Morgan fingerprint density at radius 1 is 0.891 bits per heavy atom. The third kappa shape index (κ3) is 9.65. The van der Waals surface area contributed by atoms with E-state index in [1.807, 2.05) is 13.8 Å². The minimum absolute atomic E-state index is 0.0352. The largest absolute Gasteiger partial charge is 0.461 e. The van der Waals surface area contributed by atoms with Crippen molar-refractivity contribution >= 4 is 65.4 Å². The Morgan fingerprint density at radius 3 is 2.11 bits per heavy atom. The van der Waals surface area contributed by atoms with E-state index in [0.29, 0.717) is 17.7 Å². The molecule has 0 aliphatic carbocycles. The van der Waals surface area contributed by atoms with Crippen LogP contribution in [0.2, 0.25) is 0 Å². The van der Waals surface area contributed by atoms with Gasteiger partial charge in [0.25, 0.3) is 5.91 Å². The molecule has 4 aliphatic heterocycles. The maximum Gasteiger partial charge on any atom is 0.408 e. The Balaban J connectivity index is 1.10. The lowest BCUT2D eigenvalue weighted by molar-refractivity contribution is -0.164. The highest BCUT2D eigenvalue weighted by Crippen LogP contribution is 2.51. The molecule has 302 valence electrons. The number of aryl methyl sites for hydroxylation is 1. The molecule has 4 aliphatic rings. The number of hydrogen-bond donors (Lipinski definition) is 2. The van der Waals surface area contributed by atoms with Crippen molar-refractivity contribution in [2.75, 3.05) is 19.0 Å². The lowest BCUT2D eigenvalue weighted by atomic mass is 9.96. The van der Waals surface area contributed by atoms with Gasteiger partial charge in [-0.15, -0.1) is 28.6 Å². The third-order valence-electron chi connectivity index (χ3n) is 8.41. The number of rotatable bonds is 12. The summed E-state index contributed by atoms with van der Waals surface area (Å²) in [6.45, 7) is 14.9. The zero-order valence-corrected chi connectivity index (χ0v) is 33.8. The highest BCUT2D eigenvalue weighted by molar-refractivity contribution is 8.01. The van der Waals surface area contributed by atoms with E-state index in [1.54, 1.807) is 47.7 Å². The average Bonchev–Trinajstić information content (AvgIpc) is 3.63. The molecule has 5 heterocycles. The van der Waals surface area contributed by atoms with E-state index < -0.39 is 86.7 Å². The number of carbonyl (C=O) groups excluding carboxylic acids is 7. The molecule has 3 saturated heterocycles. The zero-order valence-electron chi connectivity index (χ0n) is 32.2. The first-order valence-electron chi connectivity index (χ1n) is 17.6. The van der Waals surface area contributed by atoms with Gasteiger partial charge in [0.05, 0.1) is 12.8 Å². The van der Waals surface area contributed by atoms with E-state index >= 15 is 0 Å². The van der Waals surface area contributed by atoms with E-state index in [-0.39, 0.29) is 37.8 Å². The minimum atomic E-state index is -0.919. The van der Waals surface area contributed by atoms with Crippen LogP contribution < -0.4 is 10.6 Å². The van der Waals surface area contributed by atoms with Gasteiger partial charge in [0.2, 0.25) is 5.91 Å². The van der Waals surface area contributed by atoms with Crippen LogP contribution in [-0.4, -0.2) is 130 Å². The fourth-order valence-electron chi connectivity index (χ4n) is 6.16. The van der Waals surface area contributed by atoms with E-state index in [1.165, 1.54) is 44.9 Å². The van der Waals surface area contributed by atoms with E-state index in [9.17, 15) is 33.6 Å². The van der Waals surface area contributed by atoms with Gasteiger partial charge in [-0.3, -0.25) is 24.0 Å². The molecule has 1 aromatic rings. The normalized spacial score (nSPS) is 24.1. The van der Waals surface area contributed by atoms with E-state index in [2.05, 4.69) is 20.9 Å². The lowest BCUT2D eigenvalue weighted by Crippen LogP contribution is -2.70. The first kappa shape index (κ1) is 41.6. The number of alkyl carbamates (subject to hydrolysis) is 2. The van der Waals surface area contributed by atoms with Crippen LogP contribution >= 0.6 is 23.5 Å². The van der Waals surface area contributed by atoms with Crippen LogP contribution in [0.5, 0.6) is 0 Å². The topological polar surface area (TPSA) is 227 Å². The van der Waals surface area contributed by atoms with E-state index in [4.69, 9.17) is 23.7 Å². The van der Waals surface area contributed by atoms with Gasteiger partial charge < -0.3 is 39.2 Å². The smallest absolute Gasteiger partial charge is 0.408 e. The number of ether oxygens (including phenoxy) is 5. The van der Waals surface area contributed by atoms with Crippen LogP contribution in [0.25, 0.3) is 0 Å². The van der Waals surface area contributed by atoms with Crippen molar-refractivity contribution < 1.29 is 57.2 Å². The number of carbonyl (C=O) groups is 7. The number of nitrogens with one attached hydrogen (secondary N) is 2. The summed E-state index contributed by atoms with van der Waals surface area (Å²) in [5.41, 5.74) is -0.797. The summed E-state index contributed by atoms with van der Waals surface area (Å²) in [6.07, 6.45) is 0.399. The van der Waals surface area contributed by atoms with Gasteiger partial charge >= 0.3 is 30.1 Å². The first-order chi connectivity index (χ1) is 25.6. The molecule has 55 heavy (non-hydrogen) atoms. The van der Waals surface area contributed by atoms with Gasteiger partial charge in [-0.05, 0) is 55.4 Å². The molecule has 2 unspecified atom stereocenters. The van der Waals surface area contributed by atoms with Gasteiger partial charge in [-0.1, -0.05) is 5.21 Å². The second-order valence-corrected chi connectivity index (χ2v) is 18.6. The van der Waals surface area contributed by atoms with Crippen molar-refractivity contribution in [2.24, 2.45) is 0 Å². The summed E-state index contributed by atoms with van der Waals surface area (Å²) >= 11 is 2.69. The van der Waals surface area contributed by atoms with Crippen molar-refractivity contribution in [3.8, 4) is 0 Å². The van der Waals surface area contributed by atoms with Crippen molar-refractivity contribution in [1.82, 2.24) is 35.4 Å². The standard InChI is InChI=1S/C34H47N7O12S2/c1-17(42)50-14-18-16-54-26-20(35-30(47)52-32(2,3)4)24(43)40(26)22(18)28(45)49-12-10-11-39-13-19(37-38-39)15-51-29(46)23-34(8,9)55-27-21(25(44)41(23)27)36-31(48)53-33(5,6)7/h13,20-21,23,26-27H,10-12,14-16H2,1-9H3,(H,35,47)(H,36,48)/t20-,21-,23?,26-,27?/m1/s1. The maximum atomic E-state index is 13.3. The summed E-state index contributed by atoms with van der Waals surface area (Å²) in [6, 6.07) is -2.64. The fraction of sp³-hybridized carbons (Fsp3) is 0.676. The Bertz CT molecular complexity index is 1770. The molecule has 0 aromatic carbocycles. The Hall–Kier alpha value is -4.53. The highest BCUT2D eigenvalue weighted by Gasteiger charge is 2.64. The quantitative estimate of drug-likeness (QED) is 0.133. The molecule has 3 fully saturated rings. The summed E-state index contributed by atoms with van der Waals surface area (Å²) in [4.78, 5) is 91.6. The third-order valence-corrected chi connectivity index (χ3v) is 11.3. The second-order valence-electron chi connectivity index (χ2n) is 15.7. The Labute approximate surface area is 326 Å². The molecule has 0 saturated carbocycles. The van der Waals surface area contributed by atoms with Gasteiger partial charge in [0.15, 0.2) is 0 Å². The number of esters is 3. The van der Waals surface area contributed by atoms with Crippen LogP contribution in [0.1, 0.15) is 74.4 Å². The average molecular weight is 810 g/mol. The molecule has 0 bridgehead atoms. The fourth-order valence-corrected chi connectivity index (χ4v) is 9.11. The predicted octanol–water partition coefficient (Wildman–Crippen LogP) is 1.84. The summed E-state index contributed by atoms with van der Waals surface area (Å²) < 4.78 is 27.5. The first-order valence-corrected chi connectivity index (χ1v) is 19.5. The van der Waals surface area contributed by atoms with Gasteiger partial charge in [-0.2, -0.15) is 0 Å². The Morgan fingerprint density at radius 2 is 1.51 bits per heavy atom. The number of nitrogens with zero attached hydrogens (tertiary/aromatic N) is 5. The Kier molecular flexibility index (Phi) is 12.0. The van der Waals surface area contributed by atoms with Gasteiger partial charge in [-0.25, -0.2) is 19.2 Å². The van der Waals surface area contributed by atoms with Crippen molar-refractivity contribution in [3.05, 3.63) is 23.2 Å². The molecule has 2 N–H and O–H groups in total. The number of hydrogen-bond acceptors (Lipinski definition) is 16. The molecular formula is C34H47N7O12S2. The molecule has 0 radical (unpaired) electrons. The number of thioether (sulfide) groups is 2.